The van der Waals surface area contributed by atoms with Crippen molar-refractivity contribution in [3.05, 3.63) is 0 Å². The maximum absolute atomic E-state index is 4.17. The highest BCUT2D eigenvalue weighted by Crippen LogP contribution is 2.06. The molecule has 10 heavy (non-hydrogen) atoms. The Labute approximate surface area is 62.9 Å². The molecule has 0 amide bonds. The lowest BCUT2D eigenvalue weighted by Gasteiger charge is -2.21. The lowest BCUT2D eigenvalue weighted by atomic mass is 10.2. The van der Waals surface area contributed by atoms with Crippen molar-refractivity contribution in [2.75, 3.05) is 13.1 Å². The van der Waals surface area contributed by atoms with Crippen molar-refractivity contribution in [2.24, 2.45) is 4.99 Å². The van der Waals surface area contributed by atoms with Gasteiger partial charge in [0.15, 0.2) is 0 Å². The normalized spacial score (nSPS) is 20.0. The predicted octanol–water partition coefficient (Wildman–Crippen LogP) is 1.52. The molecule has 1 rings (SSSR count). The molecule has 0 bridgehead atoms. The lowest BCUT2D eigenvalue weighted by molar-refractivity contribution is 0.345. The molecule has 1 unspecified atom stereocenters. The number of hydrogen-bond acceptors (Lipinski definition) is 2. The van der Waals surface area contributed by atoms with E-state index in [9.17, 15) is 0 Å². The molecular weight excluding hydrogens is 124 g/mol. The molecular formula is C8H16N2. The third-order valence-corrected chi connectivity index (χ3v) is 1.99. The summed E-state index contributed by atoms with van der Waals surface area (Å²) in [6, 6.07) is 0.691. The van der Waals surface area contributed by atoms with E-state index in [-0.39, 0.29) is 0 Å². The highest BCUT2D eigenvalue weighted by molar-refractivity contribution is 5.57. The molecule has 0 N–H and O–H groups in total. The Morgan fingerprint density at radius 1 is 1.70 bits per heavy atom. The van der Waals surface area contributed by atoms with Crippen molar-refractivity contribution in [2.45, 2.75) is 32.7 Å². The molecule has 0 aromatic carbocycles. The van der Waals surface area contributed by atoms with Crippen molar-refractivity contribution in [3.63, 3.8) is 0 Å². The van der Waals surface area contributed by atoms with Crippen molar-refractivity contribution in [1.82, 2.24) is 4.90 Å². The minimum absolute atomic E-state index is 0.691. The van der Waals surface area contributed by atoms with Gasteiger partial charge in [-0.15, -0.1) is 0 Å². The Hall–Kier alpha value is -0.530. The van der Waals surface area contributed by atoms with Crippen LogP contribution in [0.5, 0.6) is 0 Å². The van der Waals surface area contributed by atoms with E-state index in [2.05, 4.69) is 23.7 Å². The Morgan fingerprint density at radius 3 is 3.00 bits per heavy atom. The Morgan fingerprint density at radius 2 is 2.50 bits per heavy atom. The molecule has 0 aromatic heterocycles. The van der Waals surface area contributed by atoms with E-state index in [0.717, 1.165) is 13.1 Å². The molecule has 0 spiro atoms. The zero-order valence-electron chi connectivity index (χ0n) is 6.88. The van der Waals surface area contributed by atoms with Crippen LogP contribution < -0.4 is 0 Å². The van der Waals surface area contributed by atoms with E-state index in [1.165, 1.54) is 12.8 Å². The van der Waals surface area contributed by atoms with Crippen LogP contribution in [0.3, 0.4) is 0 Å². The van der Waals surface area contributed by atoms with Crippen LogP contribution in [-0.2, 0) is 0 Å². The van der Waals surface area contributed by atoms with Gasteiger partial charge in [0.05, 0.1) is 12.9 Å². The molecule has 0 fully saturated rings. The smallest absolute Gasteiger partial charge is 0.0853 e. The summed E-state index contributed by atoms with van der Waals surface area (Å²) in [6.45, 7) is 6.61. The van der Waals surface area contributed by atoms with Crippen LogP contribution >= 0.6 is 0 Å². The van der Waals surface area contributed by atoms with Crippen molar-refractivity contribution in [1.29, 1.82) is 0 Å². The molecule has 1 aliphatic heterocycles. The number of hydrogen-bond donors (Lipinski definition) is 0. The first kappa shape index (κ1) is 7.58. The summed E-state index contributed by atoms with van der Waals surface area (Å²) in [7, 11) is 0. The minimum atomic E-state index is 0.691. The molecule has 0 saturated heterocycles. The van der Waals surface area contributed by atoms with Crippen LogP contribution in [-0.4, -0.2) is 30.4 Å². The monoisotopic (exact) mass is 140 g/mol. The van der Waals surface area contributed by atoms with Gasteiger partial charge in [0, 0.05) is 12.6 Å². The molecule has 1 aliphatic rings. The molecule has 58 valence electrons. The summed E-state index contributed by atoms with van der Waals surface area (Å²) in [5.74, 6) is 0. The Kier molecular flexibility index (Phi) is 2.72. The third-order valence-electron chi connectivity index (χ3n) is 1.99. The van der Waals surface area contributed by atoms with Crippen LogP contribution in [0.2, 0.25) is 0 Å². The molecule has 0 saturated carbocycles. The van der Waals surface area contributed by atoms with Gasteiger partial charge in [0.2, 0.25) is 0 Å². The molecule has 0 radical (unpaired) electrons. The van der Waals surface area contributed by atoms with Crippen molar-refractivity contribution < 1.29 is 0 Å². The summed E-state index contributed by atoms with van der Waals surface area (Å²) >= 11 is 0. The molecule has 1 atom stereocenters. The fourth-order valence-electron chi connectivity index (χ4n) is 1.31. The first-order valence-electron chi connectivity index (χ1n) is 4.10. The van der Waals surface area contributed by atoms with Crippen molar-refractivity contribution in [3.8, 4) is 0 Å². The quantitative estimate of drug-likeness (QED) is 0.580. The molecule has 2 nitrogen and oxygen atoms in total. The fourth-order valence-corrected chi connectivity index (χ4v) is 1.31. The summed E-state index contributed by atoms with van der Waals surface area (Å²) < 4.78 is 0. The zero-order valence-corrected chi connectivity index (χ0v) is 6.88. The first-order valence-corrected chi connectivity index (χ1v) is 4.10. The van der Waals surface area contributed by atoms with Gasteiger partial charge >= 0.3 is 0 Å². The highest BCUT2D eigenvalue weighted by atomic mass is 15.2. The topological polar surface area (TPSA) is 15.6 Å². The van der Waals surface area contributed by atoms with E-state index < -0.39 is 0 Å². The number of rotatable bonds is 3. The number of aliphatic imine (C=N–C) groups is 1. The second-order valence-electron chi connectivity index (χ2n) is 2.90. The third kappa shape index (κ3) is 1.72. The van der Waals surface area contributed by atoms with Gasteiger partial charge in [0.25, 0.3) is 0 Å². The summed E-state index contributed by atoms with van der Waals surface area (Å²) in [5, 5.41) is 0. The number of nitrogens with zero attached hydrogens (tertiary/aromatic N) is 2. The van der Waals surface area contributed by atoms with E-state index in [0.29, 0.717) is 6.04 Å². The molecule has 2 heteroatoms. The van der Waals surface area contributed by atoms with Gasteiger partial charge in [-0.25, -0.2) is 0 Å². The molecule has 0 aliphatic carbocycles. The second kappa shape index (κ2) is 3.59. The summed E-state index contributed by atoms with van der Waals surface area (Å²) in [5.41, 5.74) is 0. The van der Waals surface area contributed by atoms with E-state index in [1.54, 1.807) is 0 Å². The first-order chi connectivity index (χ1) is 4.84. The van der Waals surface area contributed by atoms with Gasteiger partial charge in [0.1, 0.15) is 0 Å². The Bertz CT molecular complexity index is 120. The molecule has 1 heterocycles. The minimum Gasteiger partial charge on any atom is -0.358 e. The van der Waals surface area contributed by atoms with Gasteiger partial charge in [-0.1, -0.05) is 13.3 Å². The van der Waals surface area contributed by atoms with Gasteiger partial charge in [-0.2, -0.15) is 0 Å². The van der Waals surface area contributed by atoms with E-state index in [1.807, 2.05) is 6.34 Å². The predicted molar refractivity (Wildman–Crippen MR) is 44.4 cm³/mol. The van der Waals surface area contributed by atoms with E-state index in [4.69, 9.17) is 0 Å². The van der Waals surface area contributed by atoms with Crippen LogP contribution in [0.15, 0.2) is 4.99 Å². The maximum Gasteiger partial charge on any atom is 0.0853 e. The average molecular weight is 140 g/mol. The fraction of sp³-hybridized carbons (Fsp3) is 0.875. The van der Waals surface area contributed by atoms with Crippen LogP contribution in [0.1, 0.15) is 26.7 Å². The Balaban J connectivity index is 2.26. The van der Waals surface area contributed by atoms with Crippen LogP contribution in [0.25, 0.3) is 0 Å². The van der Waals surface area contributed by atoms with Gasteiger partial charge < -0.3 is 4.90 Å². The molecule has 0 aromatic rings. The largest absolute Gasteiger partial charge is 0.358 e. The van der Waals surface area contributed by atoms with E-state index >= 15 is 0 Å². The highest BCUT2D eigenvalue weighted by Gasteiger charge is 2.11. The SMILES string of the molecule is CCCC(C)N1C=NCC1. The van der Waals surface area contributed by atoms with Crippen molar-refractivity contribution >= 4 is 6.34 Å². The van der Waals surface area contributed by atoms with Crippen LogP contribution in [0, 0.1) is 0 Å². The van der Waals surface area contributed by atoms with Crippen LogP contribution in [0.4, 0.5) is 0 Å². The van der Waals surface area contributed by atoms with Gasteiger partial charge in [-0.3, -0.25) is 4.99 Å². The average Bonchev–Trinajstić information content (AvgIpc) is 2.38. The van der Waals surface area contributed by atoms with Gasteiger partial charge in [-0.05, 0) is 13.3 Å². The maximum atomic E-state index is 4.17. The lowest BCUT2D eigenvalue weighted by Crippen LogP contribution is -2.29. The summed E-state index contributed by atoms with van der Waals surface area (Å²) in [6.07, 6.45) is 4.54. The standard InChI is InChI=1S/C8H16N2/c1-3-4-8(2)10-6-5-9-7-10/h7-8H,3-6H2,1-2H3. The second-order valence-corrected chi connectivity index (χ2v) is 2.90. The summed E-state index contributed by atoms with van der Waals surface area (Å²) in [4.78, 5) is 6.49. The zero-order chi connectivity index (χ0) is 7.40.